The number of H-pyrrole nitrogens is 1. The maximum Gasteiger partial charge on any atom is 0.338 e. The van der Waals surface area contributed by atoms with Gasteiger partial charge in [0.25, 0.3) is 15.7 Å². The summed E-state index contributed by atoms with van der Waals surface area (Å²) in [5, 5.41) is 0.565. The lowest BCUT2D eigenvalue weighted by atomic mass is 10.1. The SMILES string of the molecule is C#CC[N+](CC#C)(Cc1cc2c(=O)[nH]c(COS(C)(=O)=O)nc2cc1Cl)c1ccc(C(=O)OC(C)(C)C)cc1. The van der Waals surface area contributed by atoms with Crippen molar-refractivity contribution in [1.82, 2.24) is 14.5 Å². The van der Waals surface area contributed by atoms with Crippen LogP contribution >= 0.6 is 11.6 Å². The van der Waals surface area contributed by atoms with E-state index in [9.17, 15) is 18.0 Å². The minimum Gasteiger partial charge on any atom is -0.456 e. The van der Waals surface area contributed by atoms with E-state index in [1.165, 1.54) is 6.07 Å². The average Bonchev–Trinajstić information content (AvgIpc) is 2.82. The fourth-order valence-corrected chi connectivity index (χ4v) is 4.52. The molecule has 1 aromatic heterocycles. The summed E-state index contributed by atoms with van der Waals surface area (Å²) in [6, 6.07) is 9.98. The number of aromatic amines is 1. The van der Waals surface area contributed by atoms with Gasteiger partial charge in [-0.15, -0.1) is 12.8 Å². The minimum atomic E-state index is -3.72. The zero-order chi connectivity index (χ0) is 29.0. The maximum atomic E-state index is 12.8. The van der Waals surface area contributed by atoms with Crippen molar-refractivity contribution in [3.63, 3.8) is 0 Å². The Hall–Kier alpha value is -3.67. The van der Waals surface area contributed by atoms with Crippen LogP contribution in [0, 0.1) is 24.7 Å². The van der Waals surface area contributed by atoms with Gasteiger partial charge in [0.2, 0.25) is 0 Å². The number of hydrogen-bond donors (Lipinski definition) is 1. The van der Waals surface area contributed by atoms with Gasteiger partial charge in [-0.25, -0.2) is 9.78 Å². The van der Waals surface area contributed by atoms with E-state index in [-0.39, 0.29) is 40.8 Å². The van der Waals surface area contributed by atoms with Crippen molar-refractivity contribution in [3.8, 4) is 24.7 Å². The Morgan fingerprint density at radius 3 is 2.28 bits per heavy atom. The van der Waals surface area contributed by atoms with Gasteiger partial charge < -0.3 is 9.72 Å². The zero-order valence-electron chi connectivity index (χ0n) is 22.1. The molecular weight excluding hydrogens is 542 g/mol. The molecule has 0 amide bonds. The lowest BCUT2D eigenvalue weighted by Gasteiger charge is -2.35. The fourth-order valence-electron chi connectivity index (χ4n) is 3.97. The van der Waals surface area contributed by atoms with E-state index in [1.807, 2.05) is 0 Å². The molecular formula is C28H29ClN3O6S+. The third kappa shape index (κ3) is 7.69. The van der Waals surface area contributed by atoms with Crippen LogP contribution in [0.2, 0.25) is 5.02 Å². The molecule has 0 radical (unpaired) electrons. The van der Waals surface area contributed by atoms with Crippen molar-refractivity contribution in [2.45, 2.75) is 39.5 Å². The van der Waals surface area contributed by atoms with Crippen LogP contribution in [0.25, 0.3) is 10.9 Å². The van der Waals surface area contributed by atoms with Crippen LogP contribution < -0.4 is 10.0 Å². The lowest BCUT2D eigenvalue weighted by molar-refractivity contribution is 0.00694. The van der Waals surface area contributed by atoms with E-state index in [0.29, 0.717) is 16.1 Å². The number of hydrogen-bond acceptors (Lipinski definition) is 7. The summed E-state index contributed by atoms with van der Waals surface area (Å²) in [7, 11) is -3.72. The second-order valence-corrected chi connectivity index (χ2v) is 12.1. The second-order valence-electron chi connectivity index (χ2n) is 10.0. The molecule has 0 saturated carbocycles. The Kier molecular flexibility index (Phi) is 8.89. The highest BCUT2D eigenvalue weighted by atomic mass is 35.5. The molecule has 1 N–H and O–H groups in total. The number of terminal acetylenes is 2. The third-order valence-electron chi connectivity index (χ3n) is 5.64. The predicted octanol–water partition coefficient (Wildman–Crippen LogP) is 3.78. The maximum absolute atomic E-state index is 12.8. The van der Waals surface area contributed by atoms with E-state index in [0.717, 1.165) is 11.9 Å². The summed E-state index contributed by atoms with van der Waals surface area (Å²) < 4.78 is 32.9. The fraction of sp³-hybridized carbons (Fsp3) is 0.321. The minimum absolute atomic E-state index is 0.0385. The number of rotatable bonds is 9. The molecule has 0 bridgehead atoms. The second kappa shape index (κ2) is 11.6. The molecule has 0 aliphatic rings. The molecule has 9 nitrogen and oxygen atoms in total. The van der Waals surface area contributed by atoms with Gasteiger partial charge in [-0.05, 0) is 56.9 Å². The number of carbonyl (C=O) groups excluding carboxylic acids is 1. The van der Waals surface area contributed by atoms with Gasteiger partial charge in [0.05, 0.1) is 27.7 Å². The molecule has 0 aliphatic carbocycles. The van der Waals surface area contributed by atoms with E-state index < -0.39 is 33.9 Å². The van der Waals surface area contributed by atoms with Crippen molar-refractivity contribution in [2.75, 3.05) is 19.3 Å². The molecule has 2 aromatic carbocycles. The first-order valence-corrected chi connectivity index (χ1v) is 14.0. The number of nitrogens with one attached hydrogen (secondary N) is 1. The Bertz CT molecular complexity index is 1630. The smallest absolute Gasteiger partial charge is 0.338 e. The Labute approximate surface area is 232 Å². The number of quaternary nitrogens is 1. The summed E-state index contributed by atoms with van der Waals surface area (Å²) in [5.74, 6) is 4.95. The van der Waals surface area contributed by atoms with E-state index in [2.05, 4.69) is 21.8 Å². The van der Waals surface area contributed by atoms with Crippen LogP contribution in [0.15, 0.2) is 41.2 Å². The van der Waals surface area contributed by atoms with Crippen LogP contribution in [0.1, 0.15) is 42.5 Å². The first-order valence-electron chi connectivity index (χ1n) is 11.8. The van der Waals surface area contributed by atoms with Crippen LogP contribution in [0.3, 0.4) is 0 Å². The van der Waals surface area contributed by atoms with Gasteiger partial charge in [-0.2, -0.15) is 8.42 Å². The van der Waals surface area contributed by atoms with Crippen molar-refractivity contribution in [2.24, 2.45) is 0 Å². The zero-order valence-corrected chi connectivity index (χ0v) is 23.6. The van der Waals surface area contributed by atoms with E-state index in [4.69, 9.17) is 33.4 Å². The molecule has 1 heterocycles. The summed E-state index contributed by atoms with van der Waals surface area (Å²) in [6.45, 7) is 5.61. The van der Waals surface area contributed by atoms with Crippen molar-refractivity contribution >= 4 is 44.3 Å². The molecule has 0 unspecified atom stereocenters. The van der Waals surface area contributed by atoms with E-state index >= 15 is 0 Å². The number of esters is 1. The molecule has 0 fully saturated rings. The van der Waals surface area contributed by atoms with Gasteiger partial charge in [0.15, 0.2) is 0 Å². The summed E-state index contributed by atoms with van der Waals surface area (Å²) in [5.41, 5.74) is 0.869. The molecule has 0 spiro atoms. The topological polar surface area (TPSA) is 115 Å². The van der Waals surface area contributed by atoms with Crippen molar-refractivity contribution in [3.05, 3.63) is 68.7 Å². The van der Waals surface area contributed by atoms with Crippen LogP contribution in [-0.4, -0.2) is 49.3 Å². The quantitative estimate of drug-likeness (QED) is 0.180. The first kappa shape index (κ1) is 29.9. The van der Waals surface area contributed by atoms with E-state index in [1.54, 1.807) is 51.1 Å². The van der Waals surface area contributed by atoms with Gasteiger partial charge in [0.1, 0.15) is 43.4 Å². The summed E-state index contributed by atoms with van der Waals surface area (Å²) in [4.78, 5) is 32.1. The Morgan fingerprint density at radius 2 is 1.74 bits per heavy atom. The number of carbonyl (C=O) groups is 1. The van der Waals surface area contributed by atoms with Crippen LogP contribution in [-0.2, 0) is 32.2 Å². The van der Waals surface area contributed by atoms with Crippen molar-refractivity contribution in [1.29, 1.82) is 0 Å². The monoisotopic (exact) mass is 570 g/mol. The Morgan fingerprint density at radius 1 is 1.13 bits per heavy atom. The highest BCUT2D eigenvalue weighted by Gasteiger charge is 2.31. The van der Waals surface area contributed by atoms with Crippen LogP contribution in [0.5, 0.6) is 0 Å². The normalized spacial score (nSPS) is 12.1. The number of aromatic nitrogens is 2. The molecule has 0 atom stereocenters. The molecule has 39 heavy (non-hydrogen) atoms. The Balaban J connectivity index is 2.03. The number of halogens is 1. The molecule has 11 heteroatoms. The number of ether oxygens (including phenoxy) is 1. The van der Waals surface area contributed by atoms with Crippen molar-refractivity contribution < 1.29 is 22.1 Å². The molecule has 0 saturated heterocycles. The predicted molar refractivity (Wildman–Crippen MR) is 152 cm³/mol. The first-order chi connectivity index (χ1) is 18.2. The molecule has 0 aliphatic heterocycles. The standard InChI is InChI=1S/C28H28ClN3O6S/c1-7-13-32(14-8-2,21-11-9-19(10-12-21)27(34)38-28(3,4)5)17-20-15-22-24(16-23(20)29)30-25(31-26(22)33)18-37-39(6,35)36/h1-2,9-12,15-16H,13-14,17-18H2,3-6H3/p+1. The number of nitrogens with zero attached hydrogens (tertiary/aromatic N) is 2. The van der Waals surface area contributed by atoms with Gasteiger partial charge >= 0.3 is 5.97 Å². The molecule has 204 valence electrons. The lowest BCUT2D eigenvalue weighted by Crippen LogP contribution is -2.49. The highest BCUT2D eigenvalue weighted by Crippen LogP contribution is 2.31. The summed E-state index contributed by atoms with van der Waals surface area (Å²) >= 11 is 6.63. The number of fused-ring (bicyclic) bond motifs is 1. The largest absolute Gasteiger partial charge is 0.456 e. The summed E-state index contributed by atoms with van der Waals surface area (Å²) in [6.07, 6.45) is 12.4. The third-order valence-corrected chi connectivity index (χ3v) is 6.54. The molecule has 3 rings (SSSR count). The molecule has 3 aromatic rings. The average molecular weight is 571 g/mol. The highest BCUT2D eigenvalue weighted by molar-refractivity contribution is 7.85. The van der Waals surface area contributed by atoms with Gasteiger partial charge in [-0.3, -0.25) is 13.5 Å². The van der Waals surface area contributed by atoms with Crippen LogP contribution in [0.4, 0.5) is 5.69 Å². The van der Waals surface area contributed by atoms with Gasteiger partial charge in [0, 0.05) is 17.7 Å². The number of benzene rings is 2. The van der Waals surface area contributed by atoms with Gasteiger partial charge in [-0.1, -0.05) is 11.6 Å².